The first-order chi connectivity index (χ1) is 15.0. The Bertz CT molecular complexity index is 1280. The van der Waals surface area contributed by atoms with E-state index in [-0.39, 0.29) is 23.9 Å². The molecule has 4 aromatic rings. The normalized spacial score (nSPS) is 14.9. The molecule has 1 N–H and O–H groups in total. The van der Waals surface area contributed by atoms with Crippen molar-refractivity contribution in [3.63, 3.8) is 0 Å². The number of carbonyl (C=O) groups is 1. The molecule has 0 bridgehead atoms. The van der Waals surface area contributed by atoms with Gasteiger partial charge in [-0.2, -0.15) is 4.98 Å². The lowest BCUT2D eigenvalue weighted by molar-refractivity contribution is -0.123. The van der Waals surface area contributed by atoms with Crippen molar-refractivity contribution in [1.82, 2.24) is 25.0 Å². The van der Waals surface area contributed by atoms with Crippen molar-refractivity contribution in [2.24, 2.45) is 5.92 Å². The van der Waals surface area contributed by atoms with Crippen molar-refractivity contribution in [3.05, 3.63) is 51.3 Å². The summed E-state index contributed by atoms with van der Waals surface area (Å²) in [5.41, 5.74) is 0.639. The molecule has 1 atom stereocenters. The average molecular weight is 456 g/mol. The molecule has 1 amide bonds. The zero-order chi connectivity index (χ0) is 21.5. The van der Waals surface area contributed by atoms with E-state index < -0.39 is 6.04 Å². The van der Waals surface area contributed by atoms with Gasteiger partial charge in [0.1, 0.15) is 17.4 Å². The maximum absolute atomic E-state index is 13.1. The van der Waals surface area contributed by atoms with Gasteiger partial charge in [-0.15, -0.1) is 22.7 Å². The minimum Gasteiger partial charge on any atom is -0.342 e. The van der Waals surface area contributed by atoms with Crippen LogP contribution in [0.5, 0.6) is 0 Å². The van der Waals surface area contributed by atoms with Crippen LogP contribution >= 0.6 is 22.7 Å². The summed E-state index contributed by atoms with van der Waals surface area (Å²) in [6.07, 6.45) is 3.58. The van der Waals surface area contributed by atoms with Crippen LogP contribution in [-0.2, 0) is 11.3 Å². The van der Waals surface area contributed by atoms with E-state index in [4.69, 9.17) is 4.52 Å². The first-order valence-electron chi connectivity index (χ1n) is 10.1. The predicted molar refractivity (Wildman–Crippen MR) is 119 cm³/mol. The van der Waals surface area contributed by atoms with Crippen LogP contribution in [0, 0.1) is 5.92 Å². The number of rotatable bonds is 7. The van der Waals surface area contributed by atoms with E-state index in [0.717, 1.165) is 23.3 Å². The van der Waals surface area contributed by atoms with E-state index in [2.05, 4.69) is 20.4 Å². The number of hydrogen-bond donors (Lipinski definition) is 1. The second-order valence-electron chi connectivity index (χ2n) is 8.04. The molecule has 0 aliphatic heterocycles. The van der Waals surface area contributed by atoms with Gasteiger partial charge < -0.3 is 9.84 Å². The van der Waals surface area contributed by atoms with Crippen LogP contribution in [0.2, 0.25) is 0 Å². The average Bonchev–Trinajstić information content (AvgIpc) is 3.14. The Kier molecular flexibility index (Phi) is 5.19. The second-order valence-corrected chi connectivity index (χ2v) is 9.84. The van der Waals surface area contributed by atoms with Crippen molar-refractivity contribution in [3.8, 4) is 10.4 Å². The van der Waals surface area contributed by atoms with Gasteiger partial charge in [-0.1, -0.05) is 25.1 Å². The van der Waals surface area contributed by atoms with Crippen LogP contribution in [0.15, 0.2) is 38.5 Å². The van der Waals surface area contributed by atoms with E-state index in [1.54, 1.807) is 11.3 Å². The fraction of sp³-hybridized carbons (Fsp3) is 0.381. The molecule has 1 unspecified atom stereocenters. The van der Waals surface area contributed by atoms with Gasteiger partial charge in [0.15, 0.2) is 5.82 Å². The Morgan fingerprint density at radius 2 is 2.19 bits per heavy atom. The molecule has 1 saturated carbocycles. The maximum atomic E-state index is 13.1. The standard InChI is InChI=1S/C21H21N5O3S2/c1-11(2)17(19-24-18(25-29-19)12-5-6-12)23-15(27)8-26-10-22-20-16(21(26)28)13(9-31-20)14-4-3-7-30-14/h3-4,7,9-12,17H,5-6,8H2,1-2H3,(H,23,27). The zero-order valence-corrected chi connectivity index (χ0v) is 18.7. The molecule has 4 aromatic heterocycles. The van der Waals surface area contributed by atoms with Crippen molar-refractivity contribution in [1.29, 1.82) is 0 Å². The molecular weight excluding hydrogens is 434 g/mol. The number of aromatic nitrogens is 4. The lowest BCUT2D eigenvalue weighted by atomic mass is 10.0. The highest BCUT2D eigenvalue weighted by atomic mass is 32.1. The van der Waals surface area contributed by atoms with Crippen LogP contribution < -0.4 is 10.9 Å². The van der Waals surface area contributed by atoms with E-state index in [1.807, 2.05) is 36.7 Å². The Morgan fingerprint density at radius 1 is 1.35 bits per heavy atom. The van der Waals surface area contributed by atoms with Gasteiger partial charge >= 0.3 is 0 Å². The van der Waals surface area contributed by atoms with Crippen LogP contribution in [0.25, 0.3) is 20.7 Å². The molecule has 1 aliphatic rings. The van der Waals surface area contributed by atoms with Crippen molar-refractivity contribution < 1.29 is 9.32 Å². The zero-order valence-electron chi connectivity index (χ0n) is 17.1. The van der Waals surface area contributed by atoms with Crippen molar-refractivity contribution >= 4 is 38.8 Å². The van der Waals surface area contributed by atoms with Crippen LogP contribution in [0.1, 0.15) is 50.4 Å². The van der Waals surface area contributed by atoms with Crippen LogP contribution in [-0.4, -0.2) is 25.6 Å². The third kappa shape index (κ3) is 3.92. The summed E-state index contributed by atoms with van der Waals surface area (Å²) in [6, 6.07) is 3.51. The molecular formula is C21H21N5O3S2. The summed E-state index contributed by atoms with van der Waals surface area (Å²) in [5, 5.41) is 11.5. The number of carbonyl (C=O) groups excluding carboxylic acids is 1. The minimum absolute atomic E-state index is 0.0519. The summed E-state index contributed by atoms with van der Waals surface area (Å²) < 4.78 is 6.76. The van der Waals surface area contributed by atoms with Gasteiger partial charge in [0.25, 0.3) is 5.56 Å². The second kappa shape index (κ2) is 8.01. The third-order valence-corrected chi connectivity index (χ3v) is 7.10. The van der Waals surface area contributed by atoms with Gasteiger partial charge in [-0.05, 0) is 30.2 Å². The molecule has 0 radical (unpaired) electrons. The molecule has 8 nitrogen and oxygen atoms in total. The van der Waals surface area contributed by atoms with E-state index in [9.17, 15) is 9.59 Å². The van der Waals surface area contributed by atoms with E-state index >= 15 is 0 Å². The van der Waals surface area contributed by atoms with Crippen molar-refractivity contribution in [2.45, 2.75) is 45.2 Å². The van der Waals surface area contributed by atoms with E-state index in [0.29, 0.717) is 27.8 Å². The molecule has 1 aliphatic carbocycles. The monoisotopic (exact) mass is 455 g/mol. The third-order valence-electron chi connectivity index (χ3n) is 5.31. The van der Waals surface area contributed by atoms with E-state index in [1.165, 1.54) is 22.2 Å². The number of fused-ring (bicyclic) bond motifs is 1. The Labute approximate surface area is 185 Å². The number of hydrogen-bond acceptors (Lipinski definition) is 8. The largest absolute Gasteiger partial charge is 0.342 e. The topological polar surface area (TPSA) is 103 Å². The molecule has 0 aromatic carbocycles. The molecule has 0 saturated heterocycles. The van der Waals surface area contributed by atoms with Gasteiger partial charge in [0.05, 0.1) is 11.7 Å². The molecule has 10 heteroatoms. The highest BCUT2D eigenvalue weighted by molar-refractivity contribution is 7.18. The van der Waals surface area contributed by atoms with Gasteiger partial charge in [0.2, 0.25) is 11.8 Å². The summed E-state index contributed by atoms with van der Waals surface area (Å²) in [7, 11) is 0. The molecule has 1 fully saturated rings. The highest BCUT2D eigenvalue weighted by Crippen LogP contribution is 2.38. The lowest BCUT2D eigenvalue weighted by Crippen LogP contribution is -2.36. The lowest BCUT2D eigenvalue weighted by Gasteiger charge is -2.18. The smallest absolute Gasteiger partial charge is 0.263 e. The molecule has 0 spiro atoms. The summed E-state index contributed by atoms with van der Waals surface area (Å²) in [4.78, 5) is 36.5. The number of nitrogens with zero attached hydrogens (tertiary/aromatic N) is 4. The fourth-order valence-electron chi connectivity index (χ4n) is 3.46. The summed E-state index contributed by atoms with van der Waals surface area (Å²) in [6.45, 7) is 3.82. The first kappa shape index (κ1) is 20.1. The number of thiophene rings is 2. The summed E-state index contributed by atoms with van der Waals surface area (Å²) >= 11 is 3.00. The van der Waals surface area contributed by atoms with Crippen LogP contribution in [0.3, 0.4) is 0 Å². The van der Waals surface area contributed by atoms with Crippen LogP contribution in [0.4, 0.5) is 0 Å². The molecule has 31 heavy (non-hydrogen) atoms. The minimum atomic E-state index is -0.414. The Hall–Kier alpha value is -2.85. The summed E-state index contributed by atoms with van der Waals surface area (Å²) in [5.74, 6) is 1.24. The molecule has 5 rings (SSSR count). The van der Waals surface area contributed by atoms with Crippen molar-refractivity contribution in [2.75, 3.05) is 0 Å². The first-order valence-corrected chi connectivity index (χ1v) is 11.9. The maximum Gasteiger partial charge on any atom is 0.263 e. The number of nitrogens with one attached hydrogen (secondary N) is 1. The quantitative estimate of drug-likeness (QED) is 0.452. The number of amides is 1. The molecule has 160 valence electrons. The van der Waals surface area contributed by atoms with Gasteiger partial charge in [0, 0.05) is 21.7 Å². The van der Waals surface area contributed by atoms with Gasteiger partial charge in [-0.25, -0.2) is 4.98 Å². The fourth-order valence-corrected chi connectivity index (χ4v) is 5.18. The Balaban J connectivity index is 1.38. The Morgan fingerprint density at radius 3 is 2.90 bits per heavy atom. The highest BCUT2D eigenvalue weighted by Gasteiger charge is 2.31. The SMILES string of the molecule is CC(C)C(NC(=O)Cn1cnc2scc(-c3cccs3)c2c1=O)c1nc(C2CC2)no1. The predicted octanol–water partition coefficient (Wildman–Crippen LogP) is 3.96. The molecule has 4 heterocycles. The van der Waals surface area contributed by atoms with Gasteiger partial charge in [-0.3, -0.25) is 14.2 Å².